The van der Waals surface area contributed by atoms with Crippen molar-refractivity contribution in [3.05, 3.63) is 0 Å². The summed E-state index contributed by atoms with van der Waals surface area (Å²) in [6.45, 7) is 4.58. The lowest BCUT2D eigenvalue weighted by molar-refractivity contribution is -0.139. The van der Waals surface area contributed by atoms with Gasteiger partial charge in [-0.2, -0.15) is 11.8 Å². The highest BCUT2D eigenvalue weighted by molar-refractivity contribution is 7.98. The third kappa shape index (κ3) is 9.12. The Hall–Kier alpha value is -0.950. The number of hydrogen-bond donors (Lipinski definition) is 3. The third-order valence-electron chi connectivity index (χ3n) is 2.05. The predicted octanol–water partition coefficient (Wildman–Crippen LogP) is 0.917. The minimum Gasteiger partial charge on any atom is -0.480 e. The highest BCUT2D eigenvalue weighted by Crippen LogP contribution is 2.00. The lowest BCUT2D eigenvalue weighted by Crippen LogP contribution is -2.47. The van der Waals surface area contributed by atoms with Crippen molar-refractivity contribution in [1.82, 2.24) is 10.6 Å². The number of carboxylic acid groups (broad SMARTS) is 1. The molecular weight excluding hydrogens is 256 g/mol. The summed E-state index contributed by atoms with van der Waals surface area (Å²) >= 11 is 1.54. The van der Waals surface area contributed by atoms with Gasteiger partial charge >= 0.3 is 12.0 Å². The van der Waals surface area contributed by atoms with E-state index in [0.717, 1.165) is 0 Å². The van der Waals surface area contributed by atoms with Crippen molar-refractivity contribution >= 4 is 23.8 Å². The summed E-state index contributed by atoms with van der Waals surface area (Å²) in [6.07, 6.45) is 2.41. The number of urea groups is 1. The molecule has 1 atom stereocenters. The number of carbonyl (C=O) groups excluding carboxylic acids is 1. The van der Waals surface area contributed by atoms with Gasteiger partial charge in [0.05, 0.1) is 12.7 Å². The number of carboxylic acids is 1. The van der Waals surface area contributed by atoms with E-state index in [4.69, 9.17) is 9.84 Å². The summed E-state index contributed by atoms with van der Waals surface area (Å²) < 4.78 is 5.25. The van der Waals surface area contributed by atoms with Crippen LogP contribution in [-0.4, -0.2) is 54.4 Å². The Labute approximate surface area is 112 Å². The number of hydrogen-bond acceptors (Lipinski definition) is 4. The van der Waals surface area contributed by atoms with Crippen molar-refractivity contribution in [2.45, 2.75) is 32.4 Å². The fourth-order valence-corrected chi connectivity index (χ4v) is 1.63. The van der Waals surface area contributed by atoms with E-state index in [1.54, 1.807) is 11.8 Å². The molecule has 0 aliphatic carbocycles. The van der Waals surface area contributed by atoms with Gasteiger partial charge in [-0.1, -0.05) is 0 Å². The molecule has 0 aromatic heterocycles. The first-order chi connectivity index (χ1) is 8.47. The Bertz CT molecular complexity index is 261. The van der Waals surface area contributed by atoms with Crippen molar-refractivity contribution < 1.29 is 19.4 Å². The van der Waals surface area contributed by atoms with Gasteiger partial charge in [-0.15, -0.1) is 0 Å². The van der Waals surface area contributed by atoms with Crippen LogP contribution in [0.5, 0.6) is 0 Å². The normalized spacial score (nSPS) is 12.2. The first-order valence-electron chi connectivity index (χ1n) is 5.85. The molecule has 2 amide bonds. The van der Waals surface area contributed by atoms with Gasteiger partial charge in [0.2, 0.25) is 0 Å². The molecule has 0 fully saturated rings. The summed E-state index contributed by atoms with van der Waals surface area (Å²) in [4.78, 5) is 22.3. The van der Waals surface area contributed by atoms with Gasteiger partial charge in [-0.05, 0) is 32.3 Å². The van der Waals surface area contributed by atoms with E-state index in [2.05, 4.69) is 10.6 Å². The number of aliphatic carboxylic acids is 1. The van der Waals surface area contributed by atoms with Crippen LogP contribution >= 0.6 is 11.8 Å². The van der Waals surface area contributed by atoms with Crippen LogP contribution in [0.15, 0.2) is 0 Å². The highest BCUT2D eigenvalue weighted by Gasteiger charge is 2.18. The zero-order valence-corrected chi connectivity index (χ0v) is 11.9. The molecule has 106 valence electrons. The van der Waals surface area contributed by atoms with Crippen molar-refractivity contribution in [2.75, 3.05) is 25.2 Å². The standard InChI is InChI=1S/C11H22N2O4S/c1-8(2)17-6-5-12-11(16)13-9(10(14)15)4-7-18-3/h8-9H,4-7H2,1-3H3,(H,14,15)(H2,12,13,16)/t9-/m0/s1. The molecule has 0 unspecified atom stereocenters. The SMILES string of the molecule is CSCC[C@H](NC(=O)NCCOC(C)C)C(=O)O. The minimum atomic E-state index is -1.02. The van der Waals surface area contributed by atoms with Crippen molar-refractivity contribution in [3.63, 3.8) is 0 Å². The second-order valence-corrected chi connectivity index (χ2v) is 4.98. The Morgan fingerprint density at radius 3 is 2.56 bits per heavy atom. The molecule has 0 aromatic rings. The second kappa shape index (κ2) is 10.0. The van der Waals surface area contributed by atoms with Crippen molar-refractivity contribution in [2.24, 2.45) is 0 Å². The second-order valence-electron chi connectivity index (χ2n) is 3.99. The van der Waals surface area contributed by atoms with E-state index in [0.29, 0.717) is 25.3 Å². The molecule has 0 aromatic carbocycles. The van der Waals surface area contributed by atoms with Crippen LogP contribution in [0, 0.1) is 0 Å². The smallest absolute Gasteiger partial charge is 0.326 e. The van der Waals surface area contributed by atoms with E-state index in [1.807, 2.05) is 20.1 Å². The number of amides is 2. The maximum Gasteiger partial charge on any atom is 0.326 e. The van der Waals surface area contributed by atoms with Crippen LogP contribution in [0.3, 0.4) is 0 Å². The maximum absolute atomic E-state index is 11.4. The lowest BCUT2D eigenvalue weighted by Gasteiger charge is -2.15. The number of carbonyl (C=O) groups is 2. The van der Waals surface area contributed by atoms with Crippen LogP contribution in [0.2, 0.25) is 0 Å². The van der Waals surface area contributed by atoms with Crippen LogP contribution in [0.4, 0.5) is 4.79 Å². The molecular formula is C11H22N2O4S. The first-order valence-corrected chi connectivity index (χ1v) is 7.24. The quantitative estimate of drug-likeness (QED) is 0.546. The highest BCUT2D eigenvalue weighted by atomic mass is 32.2. The number of ether oxygens (including phenoxy) is 1. The lowest BCUT2D eigenvalue weighted by atomic mass is 10.2. The molecule has 6 nitrogen and oxygen atoms in total. The number of thioether (sulfide) groups is 1. The Morgan fingerprint density at radius 1 is 1.39 bits per heavy atom. The Balaban J connectivity index is 3.84. The average molecular weight is 278 g/mol. The van der Waals surface area contributed by atoms with Crippen LogP contribution < -0.4 is 10.6 Å². The zero-order valence-electron chi connectivity index (χ0n) is 11.1. The van der Waals surface area contributed by atoms with Gasteiger partial charge in [0.25, 0.3) is 0 Å². The third-order valence-corrected chi connectivity index (χ3v) is 2.70. The van der Waals surface area contributed by atoms with Gasteiger partial charge in [-0.3, -0.25) is 0 Å². The summed E-state index contributed by atoms with van der Waals surface area (Å²) in [5.41, 5.74) is 0. The zero-order chi connectivity index (χ0) is 14.0. The molecule has 0 bridgehead atoms. The summed E-state index contributed by atoms with van der Waals surface area (Å²) in [6, 6.07) is -1.32. The molecule has 0 rings (SSSR count). The Morgan fingerprint density at radius 2 is 2.06 bits per heavy atom. The van der Waals surface area contributed by atoms with Crippen LogP contribution in [0.25, 0.3) is 0 Å². The topological polar surface area (TPSA) is 87.7 Å². The van der Waals surface area contributed by atoms with E-state index >= 15 is 0 Å². The largest absolute Gasteiger partial charge is 0.480 e. The molecule has 0 aliphatic rings. The first kappa shape index (κ1) is 17.1. The monoisotopic (exact) mass is 278 g/mol. The van der Waals surface area contributed by atoms with Gasteiger partial charge < -0.3 is 20.5 Å². The fraction of sp³-hybridized carbons (Fsp3) is 0.818. The molecule has 18 heavy (non-hydrogen) atoms. The van der Waals surface area contributed by atoms with Gasteiger partial charge in [0.15, 0.2) is 0 Å². The minimum absolute atomic E-state index is 0.114. The number of nitrogens with one attached hydrogen (secondary N) is 2. The molecule has 0 heterocycles. The summed E-state index contributed by atoms with van der Waals surface area (Å²) in [5, 5.41) is 13.9. The van der Waals surface area contributed by atoms with Gasteiger partial charge in [0.1, 0.15) is 6.04 Å². The maximum atomic E-state index is 11.4. The van der Waals surface area contributed by atoms with E-state index in [1.165, 1.54) is 0 Å². The van der Waals surface area contributed by atoms with Crippen molar-refractivity contribution in [1.29, 1.82) is 0 Å². The molecule has 3 N–H and O–H groups in total. The Kier molecular flexibility index (Phi) is 9.49. The fourth-order valence-electron chi connectivity index (χ4n) is 1.16. The number of rotatable bonds is 9. The average Bonchev–Trinajstić information content (AvgIpc) is 2.29. The van der Waals surface area contributed by atoms with Gasteiger partial charge in [-0.25, -0.2) is 9.59 Å². The van der Waals surface area contributed by atoms with Crippen LogP contribution in [0.1, 0.15) is 20.3 Å². The van der Waals surface area contributed by atoms with E-state index in [9.17, 15) is 9.59 Å². The molecule has 0 spiro atoms. The van der Waals surface area contributed by atoms with E-state index in [-0.39, 0.29) is 6.10 Å². The summed E-state index contributed by atoms with van der Waals surface area (Å²) in [5.74, 6) is -0.328. The summed E-state index contributed by atoms with van der Waals surface area (Å²) in [7, 11) is 0. The molecule has 7 heteroatoms. The van der Waals surface area contributed by atoms with E-state index < -0.39 is 18.0 Å². The molecule has 0 saturated heterocycles. The van der Waals surface area contributed by atoms with Crippen LogP contribution in [-0.2, 0) is 9.53 Å². The van der Waals surface area contributed by atoms with Gasteiger partial charge in [0, 0.05) is 6.54 Å². The predicted molar refractivity (Wildman–Crippen MR) is 72.0 cm³/mol. The molecule has 0 saturated carbocycles. The molecule has 0 radical (unpaired) electrons. The van der Waals surface area contributed by atoms with Crippen molar-refractivity contribution in [3.8, 4) is 0 Å². The molecule has 0 aliphatic heterocycles.